The molecule has 0 aromatic carbocycles. The maximum Gasteiger partial charge on any atom is 0.187 e. The molecular weight excluding hydrogens is 162 g/mol. The van der Waals surface area contributed by atoms with Crippen LogP contribution in [0.25, 0.3) is 0 Å². The Bertz CT molecular complexity index is 342. The fourth-order valence-electron chi connectivity index (χ4n) is 1.27. The molecule has 2 nitrogen and oxygen atoms in total. The monoisotopic (exact) mass is 179 g/mol. The summed E-state index contributed by atoms with van der Waals surface area (Å²) >= 11 is 0. The number of hydrogen-bond acceptors (Lipinski definition) is 1. The Kier molecular flexibility index (Phi) is 2.33. The summed E-state index contributed by atoms with van der Waals surface area (Å²) < 4.78 is 2.08. The van der Waals surface area contributed by atoms with Gasteiger partial charge in [0.15, 0.2) is 5.43 Å². The van der Waals surface area contributed by atoms with Gasteiger partial charge in [-0.2, -0.15) is 0 Å². The van der Waals surface area contributed by atoms with E-state index in [9.17, 15) is 4.79 Å². The number of aromatic nitrogens is 1. The molecule has 0 atom stereocenters. The van der Waals surface area contributed by atoms with Crippen LogP contribution in [-0.4, -0.2) is 4.57 Å². The lowest BCUT2D eigenvalue weighted by molar-refractivity contribution is 0.392. The normalized spacial score (nSPS) is 11.8. The second kappa shape index (κ2) is 3.02. The van der Waals surface area contributed by atoms with Crippen molar-refractivity contribution in [1.82, 2.24) is 4.57 Å². The van der Waals surface area contributed by atoms with E-state index in [1.165, 1.54) is 0 Å². The summed E-state index contributed by atoms with van der Waals surface area (Å²) in [7, 11) is 0. The first kappa shape index (κ1) is 10.0. The quantitative estimate of drug-likeness (QED) is 0.598. The first-order valence-corrected chi connectivity index (χ1v) is 4.52. The standard InChI is InChI=1S/C11H17NO/c1-8-6-12(11(3,4)5)7-9(2)10(8)13/h6-7H,1-5H3. The van der Waals surface area contributed by atoms with Gasteiger partial charge in [0.1, 0.15) is 0 Å². The third-order valence-electron chi connectivity index (χ3n) is 2.16. The molecule has 1 aromatic heterocycles. The summed E-state index contributed by atoms with van der Waals surface area (Å²) in [5.41, 5.74) is 1.83. The lowest BCUT2D eigenvalue weighted by atomic mass is 10.1. The predicted octanol–water partition coefficient (Wildman–Crippen LogP) is 2.22. The summed E-state index contributed by atoms with van der Waals surface area (Å²) in [6, 6.07) is 0. The SMILES string of the molecule is Cc1cn(C(C)(C)C)cc(C)c1=O. The fourth-order valence-corrected chi connectivity index (χ4v) is 1.27. The zero-order chi connectivity index (χ0) is 10.2. The lowest BCUT2D eigenvalue weighted by Crippen LogP contribution is -2.25. The Morgan fingerprint density at radius 1 is 1.08 bits per heavy atom. The Balaban J connectivity index is 3.38. The molecule has 0 fully saturated rings. The van der Waals surface area contributed by atoms with Crippen LogP contribution in [0.15, 0.2) is 17.2 Å². The fraction of sp³-hybridized carbons (Fsp3) is 0.545. The maximum absolute atomic E-state index is 11.4. The van der Waals surface area contributed by atoms with E-state index in [4.69, 9.17) is 0 Å². The molecule has 0 aliphatic rings. The number of rotatable bonds is 0. The minimum Gasteiger partial charge on any atom is -0.348 e. The van der Waals surface area contributed by atoms with Gasteiger partial charge < -0.3 is 4.57 Å². The molecule has 0 unspecified atom stereocenters. The van der Waals surface area contributed by atoms with Gasteiger partial charge in [0.25, 0.3) is 0 Å². The van der Waals surface area contributed by atoms with Crippen molar-refractivity contribution in [2.75, 3.05) is 0 Å². The van der Waals surface area contributed by atoms with E-state index in [0.717, 1.165) is 11.1 Å². The molecule has 0 saturated heterocycles. The van der Waals surface area contributed by atoms with E-state index < -0.39 is 0 Å². The van der Waals surface area contributed by atoms with Crippen molar-refractivity contribution in [3.63, 3.8) is 0 Å². The van der Waals surface area contributed by atoms with Gasteiger partial charge in [-0.25, -0.2) is 0 Å². The zero-order valence-electron chi connectivity index (χ0n) is 9.01. The van der Waals surface area contributed by atoms with Crippen LogP contribution in [-0.2, 0) is 5.54 Å². The van der Waals surface area contributed by atoms with E-state index in [1.54, 1.807) is 0 Å². The van der Waals surface area contributed by atoms with Crippen LogP contribution in [0, 0.1) is 13.8 Å². The molecule has 0 spiro atoms. The van der Waals surface area contributed by atoms with Crippen molar-refractivity contribution in [3.05, 3.63) is 33.7 Å². The van der Waals surface area contributed by atoms with Crippen LogP contribution < -0.4 is 5.43 Å². The van der Waals surface area contributed by atoms with Crippen LogP contribution in [0.1, 0.15) is 31.9 Å². The van der Waals surface area contributed by atoms with Crippen LogP contribution in [0.3, 0.4) is 0 Å². The Hall–Kier alpha value is -1.05. The van der Waals surface area contributed by atoms with Crippen molar-refractivity contribution in [1.29, 1.82) is 0 Å². The summed E-state index contributed by atoms with van der Waals surface area (Å²) in [6.07, 6.45) is 3.82. The molecule has 1 aromatic rings. The molecule has 13 heavy (non-hydrogen) atoms. The Morgan fingerprint density at radius 3 is 1.77 bits per heavy atom. The number of nitrogens with zero attached hydrogens (tertiary/aromatic N) is 1. The van der Waals surface area contributed by atoms with Gasteiger partial charge in [-0.05, 0) is 34.6 Å². The van der Waals surface area contributed by atoms with Crippen molar-refractivity contribution in [3.8, 4) is 0 Å². The minimum atomic E-state index is 0.0449. The highest BCUT2D eigenvalue weighted by molar-refractivity contribution is 5.17. The molecule has 1 rings (SSSR count). The second-order valence-corrected chi connectivity index (χ2v) is 4.53. The first-order chi connectivity index (χ1) is 5.82. The van der Waals surface area contributed by atoms with E-state index >= 15 is 0 Å². The molecule has 72 valence electrons. The average molecular weight is 179 g/mol. The summed E-state index contributed by atoms with van der Waals surface area (Å²) in [5.74, 6) is 0. The van der Waals surface area contributed by atoms with Gasteiger partial charge in [-0.1, -0.05) is 0 Å². The predicted molar refractivity (Wildman–Crippen MR) is 55.2 cm³/mol. The molecular formula is C11H17NO. The van der Waals surface area contributed by atoms with Gasteiger partial charge in [-0.15, -0.1) is 0 Å². The van der Waals surface area contributed by atoms with Crippen molar-refractivity contribution >= 4 is 0 Å². The van der Waals surface area contributed by atoms with Crippen LogP contribution in [0.2, 0.25) is 0 Å². The third kappa shape index (κ3) is 2.00. The molecule has 0 amide bonds. The Morgan fingerprint density at radius 2 is 1.46 bits per heavy atom. The van der Waals surface area contributed by atoms with Gasteiger partial charge in [-0.3, -0.25) is 4.79 Å². The van der Waals surface area contributed by atoms with Crippen molar-refractivity contribution in [2.45, 2.75) is 40.2 Å². The van der Waals surface area contributed by atoms with Gasteiger partial charge in [0, 0.05) is 29.1 Å². The molecule has 1 heterocycles. The van der Waals surface area contributed by atoms with Gasteiger partial charge in [0.2, 0.25) is 0 Å². The molecule has 0 aliphatic carbocycles. The minimum absolute atomic E-state index is 0.0449. The Labute approximate surface area is 79.2 Å². The average Bonchev–Trinajstić information content (AvgIpc) is 1.97. The van der Waals surface area contributed by atoms with Crippen molar-refractivity contribution < 1.29 is 0 Å². The summed E-state index contributed by atoms with van der Waals surface area (Å²) in [5, 5.41) is 0. The van der Waals surface area contributed by atoms with Crippen LogP contribution in [0.4, 0.5) is 0 Å². The van der Waals surface area contributed by atoms with Gasteiger partial charge >= 0.3 is 0 Å². The molecule has 0 N–H and O–H groups in total. The van der Waals surface area contributed by atoms with Crippen molar-refractivity contribution in [2.24, 2.45) is 0 Å². The molecule has 0 aliphatic heterocycles. The lowest BCUT2D eigenvalue weighted by Gasteiger charge is -2.24. The molecule has 0 radical (unpaired) electrons. The maximum atomic E-state index is 11.4. The number of aryl methyl sites for hydroxylation is 2. The first-order valence-electron chi connectivity index (χ1n) is 4.52. The van der Waals surface area contributed by atoms with E-state index in [-0.39, 0.29) is 11.0 Å². The second-order valence-electron chi connectivity index (χ2n) is 4.53. The molecule has 2 heteroatoms. The number of pyridine rings is 1. The largest absolute Gasteiger partial charge is 0.348 e. The van der Waals surface area contributed by atoms with Crippen LogP contribution >= 0.6 is 0 Å². The van der Waals surface area contributed by atoms with Gasteiger partial charge in [0.05, 0.1) is 0 Å². The highest BCUT2D eigenvalue weighted by Crippen LogP contribution is 2.13. The molecule has 0 bridgehead atoms. The highest BCUT2D eigenvalue weighted by atomic mass is 16.1. The highest BCUT2D eigenvalue weighted by Gasteiger charge is 2.12. The topological polar surface area (TPSA) is 22.0 Å². The van der Waals surface area contributed by atoms with E-state index in [2.05, 4.69) is 25.3 Å². The smallest absolute Gasteiger partial charge is 0.187 e. The van der Waals surface area contributed by atoms with E-state index in [1.807, 2.05) is 26.2 Å². The summed E-state index contributed by atoms with van der Waals surface area (Å²) in [6.45, 7) is 10.1. The molecule has 0 saturated carbocycles. The summed E-state index contributed by atoms with van der Waals surface area (Å²) in [4.78, 5) is 11.4. The number of hydrogen-bond donors (Lipinski definition) is 0. The third-order valence-corrected chi connectivity index (χ3v) is 2.16. The zero-order valence-corrected chi connectivity index (χ0v) is 9.01. The van der Waals surface area contributed by atoms with E-state index in [0.29, 0.717) is 0 Å². The van der Waals surface area contributed by atoms with Crippen LogP contribution in [0.5, 0.6) is 0 Å².